The monoisotopic (exact) mass is 368 g/mol. The molecule has 0 atom stereocenters. The topological polar surface area (TPSA) is 42.4 Å². The van der Waals surface area contributed by atoms with E-state index in [0.29, 0.717) is 11.0 Å². The van der Waals surface area contributed by atoms with E-state index in [1.807, 2.05) is 62.3 Å². The van der Waals surface area contributed by atoms with Crippen LogP contribution in [0.1, 0.15) is 62.3 Å². The number of amides is 1. The fraction of sp³-hybridized carbons (Fsp3) is 0.684. The molecule has 4 nitrogen and oxygen atoms in total. The minimum absolute atomic E-state index is 0.442. The molecule has 1 heterocycles. The number of rotatable bonds is 2. The molecule has 0 N–H and O–H groups in total. The smallest absolute Gasteiger partial charge is 0.415 e. The Labute approximate surface area is 153 Å². The predicted octanol–water partition coefficient (Wildman–Crippen LogP) is 5.18. The zero-order valence-corrected chi connectivity index (χ0v) is 18.3. The minimum Gasteiger partial charge on any atom is -0.443 e. The molecule has 0 saturated heterocycles. The van der Waals surface area contributed by atoms with Crippen LogP contribution in [0.25, 0.3) is 0 Å². The van der Waals surface area contributed by atoms with Gasteiger partial charge in [0.1, 0.15) is 11.4 Å². The van der Waals surface area contributed by atoms with E-state index < -0.39 is 30.2 Å². The maximum Gasteiger partial charge on any atom is 0.415 e. The van der Waals surface area contributed by atoms with E-state index in [-0.39, 0.29) is 0 Å². The van der Waals surface area contributed by atoms with Crippen LogP contribution in [-0.2, 0) is 4.74 Å². The molecule has 0 radical (unpaired) electrons. The Morgan fingerprint density at radius 3 is 1.84 bits per heavy atom. The molecule has 142 valence electrons. The van der Waals surface area contributed by atoms with Gasteiger partial charge >= 0.3 is 6.09 Å². The minimum atomic E-state index is -3.35. The summed E-state index contributed by atoms with van der Waals surface area (Å²) in [6.07, 6.45) is 1.10. The Morgan fingerprint density at radius 2 is 1.52 bits per heavy atom. The van der Waals surface area contributed by atoms with Crippen LogP contribution in [0.15, 0.2) is 18.3 Å². The largest absolute Gasteiger partial charge is 0.443 e. The first-order valence-corrected chi connectivity index (χ1v) is 10.5. The van der Waals surface area contributed by atoms with Crippen LogP contribution in [0.3, 0.4) is 0 Å². The lowest BCUT2D eigenvalue weighted by molar-refractivity contribution is 0.0588. The zero-order chi connectivity index (χ0) is 19.8. The van der Waals surface area contributed by atoms with Crippen molar-refractivity contribution < 1.29 is 13.6 Å². The van der Waals surface area contributed by atoms with Crippen molar-refractivity contribution in [3.63, 3.8) is 0 Å². The third-order valence-electron chi connectivity index (χ3n) is 4.22. The predicted molar refractivity (Wildman–Crippen MR) is 105 cm³/mol. The molecule has 1 aromatic rings. The summed E-state index contributed by atoms with van der Waals surface area (Å²) in [4.78, 5) is 17.8. The summed E-state index contributed by atoms with van der Waals surface area (Å²) in [5, 5.41) is -0.286. The van der Waals surface area contributed by atoms with Gasteiger partial charge in [-0.2, -0.15) is 0 Å². The molecule has 0 aliphatic rings. The first-order chi connectivity index (χ1) is 11.0. The van der Waals surface area contributed by atoms with Gasteiger partial charge in [0.05, 0.1) is 0 Å². The fourth-order valence-corrected chi connectivity index (χ4v) is 7.74. The third kappa shape index (κ3) is 4.60. The average Bonchev–Trinajstić information content (AvgIpc) is 2.41. The van der Waals surface area contributed by atoms with Gasteiger partial charge in [-0.05, 0) is 42.1 Å². The summed E-state index contributed by atoms with van der Waals surface area (Å²) < 4.78 is 21.6. The number of aromatic nitrogens is 1. The van der Waals surface area contributed by atoms with Crippen molar-refractivity contribution in [3.8, 4) is 0 Å². The number of halogens is 1. The summed E-state index contributed by atoms with van der Waals surface area (Å²) >= 11 is 0. The number of carbonyl (C=O) groups is 1. The molecule has 0 aromatic carbocycles. The van der Waals surface area contributed by atoms with Crippen LogP contribution >= 0.6 is 0 Å². The second kappa shape index (κ2) is 6.70. The Hall–Kier alpha value is -1.43. The molecule has 0 bridgehead atoms. The van der Waals surface area contributed by atoms with E-state index in [9.17, 15) is 4.79 Å². The van der Waals surface area contributed by atoms with Crippen molar-refractivity contribution in [2.24, 2.45) is 0 Å². The van der Waals surface area contributed by atoms with Gasteiger partial charge in [0.2, 0.25) is 0 Å². The lowest BCUT2D eigenvalue weighted by atomic mass is 10.2. The summed E-state index contributed by atoms with van der Waals surface area (Å²) in [6.45, 7) is 17.1. The van der Waals surface area contributed by atoms with Crippen LogP contribution < -0.4 is 10.1 Å². The Kier molecular flexibility index (Phi) is 5.80. The van der Waals surface area contributed by atoms with Crippen molar-refractivity contribution >= 4 is 25.5 Å². The normalized spacial score (nSPS) is 13.6. The lowest BCUT2D eigenvalue weighted by Crippen LogP contribution is -2.58. The number of nitrogens with zero attached hydrogens (tertiary/aromatic N) is 2. The Balaban J connectivity index is 3.19. The molecule has 0 aliphatic heterocycles. The lowest BCUT2D eigenvalue weighted by Gasteiger charge is -2.44. The average molecular weight is 369 g/mol. The highest BCUT2D eigenvalue weighted by molar-refractivity contribution is 6.90. The second-order valence-corrected chi connectivity index (χ2v) is 14.5. The van der Waals surface area contributed by atoms with E-state index in [2.05, 4.69) is 4.98 Å². The van der Waals surface area contributed by atoms with Gasteiger partial charge in [0.15, 0.2) is 0 Å². The van der Waals surface area contributed by atoms with Crippen LogP contribution in [-0.4, -0.2) is 32.1 Å². The molecule has 1 amide bonds. The summed E-state index contributed by atoms with van der Waals surface area (Å²) in [5.74, 6) is 0.442. The van der Waals surface area contributed by atoms with E-state index in [0.717, 1.165) is 0 Å². The van der Waals surface area contributed by atoms with E-state index in [4.69, 9.17) is 4.74 Å². The van der Waals surface area contributed by atoms with Gasteiger partial charge in [-0.1, -0.05) is 47.6 Å². The molecular formula is C19H33FN2O2Si. The van der Waals surface area contributed by atoms with Crippen molar-refractivity contribution in [1.82, 2.24) is 4.98 Å². The SMILES string of the molecule is CN(C(=O)OC(C)(C)C)c1ccc([Si](F)(C(C)(C)C)C(C)(C)C)cn1. The van der Waals surface area contributed by atoms with Gasteiger partial charge < -0.3 is 8.84 Å². The van der Waals surface area contributed by atoms with Crippen molar-refractivity contribution in [2.75, 3.05) is 11.9 Å². The van der Waals surface area contributed by atoms with Gasteiger partial charge in [-0.3, -0.25) is 4.90 Å². The molecular weight excluding hydrogens is 335 g/mol. The highest BCUT2D eigenvalue weighted by atomic mass is 28.4. The van der Waals surface area contributed by atoms with Crippen LogP contribution in [0.5, 0.6) is 0 Å². The highest BCUT2D eigenvalue weighted by Gasteiger charge is 2.56. The Morgan fingerprint density at radius 1 is 1.04 bits per heavy atom. The summed E-state index contributed by atoms with van der Waals surface area (Å²) in [7, 11) is -1.75. The maximum atomic E-state index is 16.2. The zero-order valence-electron chi connectivity index (χ0n) is 17.3. The molecule has 0 aliphatic carbocycles. The summed E-state index contributed by atoms with van der Waals surface area (Å²) in [6, 6.07) is 3.46. The van der Waals surface area contributed by atoms with E-state index in [1.165, 1.54) is 4.90 Å². The fourth-order valence-electron chi connectivity index (χ4n) is 3.20. The van der Waals surface area contributed by atoms with Gasteiger partial charge in [0, 0.05) is 13.2 Å². The first-order valence-electron chi connectivity index (χ1n) is 8.63. The number of carbonyl (C=O) groups excluding carboxylic acids is 1. The number of hydrogen-bond donors (Lipinski definition) is 0. The van der Waals surface area contributed by atoms with E-state index >= 15 is 4.11 Å². The van der Waals surface area contributed by atoms with Gasteiger partial charge in [-0.15, -0.1) is 0 Å². The van der Waals surface area contributed by atoms with Crippen molar-refractivity contribution in [1.29, 1.82) is 0 Å². The second-order valence-electron chi connectivity index (χ2n) is 9.60. The highest BCUT2D eigenvalue weighted by Crippen LogP contribution is 2.51. The molecule has 1 rings (SSSR count). The van der Waals surface area contributed by atoms with Crippen LogP contribution in [0, 0.1) is 0 Å². The number of hydrogen-bond acceptors (Lipinski definition) is 3. The van der Waals surface area contributed by atoms with E-state index in [1.54, 1.807) is 25.4 Å². The van der Waals surface area contributed by atoms with Crippen molar-refractivity contribution in [2.45, 2.75) is 78.0 Å². The molecule has 0 unspecified atom stereocenters. The number of pyridine rings is 1. The molecule has 25 heavy (non-hydrogen) atoms. The molecule has 0 fully saturated rings. The van der Waals surface area contributed by atoms with Crippen LogP contribution in [0.4, 0.5) is 14.7 Å². The Bertz CT molecular complexity index is 596. The molecule has 0 spiro atoms. The van der Waals surface area contributed by atoms with Crippen molar-refractivity contribution in [3.05, 3.63) is 18.3 Å². The summed E-state index contributed by atoms with van der Waals surface area (Å²) in [5.41, 5.74) is -0.579. The van der Waals surface area contributed by atoms with Gasteiger partial charge in [-0.25, -0.2) is 9.78 Å². The number of anilines is 1. The number of ether oxygens (including phenoxy) is 1. The molecule has 1 aromatic heterocycles. The third-order valence-corrected chi connectivity index (χ3v) is 9.45. The molecule has 0 saturated carbocycles. The van der Waals surface area contributed by atoms with Crippen LogP contribution in [0.2, 0.25) is 10.1 Å². The quantitative estimate of drug-likeness (QED) is 0.534. The first kappa shape index (κ1) is 21.6. The standard InChI is InChI=1S/C19H33FN2O2Si/c1-17(2,3)24-16(23)22(10)15-12-11-14(13-21-15)25(20,18(4,5)6)19(7,8)9/h11-13H,1-10H3. The maximum absolute atomic E-state index is 16.2. The molecule has 6 heteroatoms. The van der Waals surface area contributed by atoms with Gasteiger partial charge in [0.25, 0.3) is 8.41 Å².